The largest absolute Gasteiger partial charge is 0.480 e. The summed E-state index contributed by atoms with van der Waals surface area (Å²) < 4.78 is 5.30. The van der Waals surface area contributed by atoms with Crippen LogP contribution in [-0.2, 0) is 16.1 Å². The zero-order valence-corrected chi connectivity index (χ0v) is 14.0. The lowest BCUT2D eigenvalue weighted by atomic mass is 9.85. The van der Waals surface area contributed by atoms with Crippen molar-refractivity contribution in [1.29, 1.82) is 0 Å². The van der Waals surface area contributed by atoms with Crippen molar-refractivity contribution >= 4 is 17.3 Å². The van der Waals surface area contributed by atoms with Gasteiger partial charge in [0.05, 0.1) is 5.69 Å². The first-order valence-corrected chi connectivity index (χ1v) is 8.93. The number of thiazole rings is 1. The molecule has 1 aromatic rings. The molecule has 4 atom stereocenters. The number of carboxylic acids is 1. The summed E-state index contributed by atoms with van der Waals surface area (Å²) in [6.07, 6.45) is 5.55. The second-order valence-corrected chi connectivity index (χ2v) is 7.32. The summed E-state index contributed by atoms with van der Waals surface area (Å²) >= 11 is 1.59. The maximum atomic E-state index is 11.6. The molecule has 122 valence electrons. The van der Waals surface area contributed by atoms with Crippen LogP contribution in [0.5, 0.6) is 0 Å². The minimum absolute atomic E-state index is 0.00460. The number of nitrogens with zero attached hydrogens (tertiary/aromatic N) is 2. The topological polar surface area (TPSA) is 62.7 Å². The summed E-state index contributed by atoms with van der Waals surface area (Å²) in [7, 11) is 1.68. The summed E-state index contributed by atoms with van der Waals surface area (Å²) in [5.74, 6) is -0.138. The highest BCUT2D eigenvalue weighted by Crippen LogP contribution is 2.40. The fourth-order valence-corrected chi connectivity index (χ4v) is 4.73. The highest BCUT2D eigenvalue weighted by Gasteiger charge is 2.45. The van der Waals surface area contributed by atoms with E-state index in [1.807, 2.05) is 12.3 Å². The fraction of sp³-hybridized carbons (Fsp3) is 0.750. The van der Waals surface area contributed by atoms with Crippen molar-refractivity contribution in [3.8, 4) is 0 Å². The summed E-state index contributed by atoms with van der Waals surface area (Å²) in [5, 5.41) is 12.6. The number of aromatic nitrogens is 1. The Balaban J connectivity index is 1.76. The van der Waals surface area contributed by atoms with E-state index in [0.717, 1.165) is 23.5 Å². The van der Waals surface area contributed by atoms with E-state index in [-0.39, 0.29) is 12.1 Å². The number of methoxy groups -OCH3 is 1. The van der Waals surface area contributed by atoms with E-state index in [4.69, 9.17) is 4.74 Å². The molecule has 6 heteroatoms. The molecule has 4 unspecified atom stereocenters. The fourth-order valence-electron chi connectivity index (χ4n) is 3.89. The maximum absolute atomic E-state index is 11.6. The van der Waals surface area contributed by atoms with Gasteiger partial charge in [0, 0.05) is 25.1 Å². The van der Waals surface area contributed by atoms with Crippen LogP contribution in [0.3, 0.4) is 0 Å². The molecule has 2 aliphatic rings. The van der Waals surface area contributed by atoms with E-state index in [2.05, 4.69) is 9.88 Å². The minimum Gasteiger partial charge on any atom is -0.480 e. The summed E-state index contributed by atoms with van der Waals surface area (Å²) in [4.78, 5) is 18.4. The molecule has 3 rings (SSSR count). The number of likely N-dealkylation sites (tertiary alicyclic amines) is 1. The molecule has 1 aromatic heterocycles. The Kier molecular flexibility index (Phi) is 4.80. The normalized spacial score (nSPS) is 30.2. The van der Waals surface area contributed by atoms with Crippen molar-refractivity contribution in [2.24, 2.45) is 5.92 Å². The molecular weight excluding hydrogens is 300 g/mol. The number of aliphatic carboxylic acids is 1. The smallest absolute Gasteiger partial charge is 0.320 e. The minimum atomic E-state index is -0.685. The highest BCUT2D eigenvalue weighted by atomic mass is 32.1. The summed E-state index contributed by atoms with van der Waals surface area (Å²) in [5.41, 5.74) is 0.973. The number of carboxylic acid groups (broad SMARTS) is 1. The Labute approximate surface area is 135 Å². The van der Waals surface area contributed by atoms with Crippen LogP contribution in [0.25, 0.3) is 0 Å². The predicted octanol–water partition coefficient (Wildman–Crippen LogP) is 3.07. The maximum Gasteiger partial charge on any atom is 0.320 e. The van der Waals surface area contributed by atoms with Gasteiger partial charge < -0.3 is 9.84 Å². The molecule has 22 heavy (non-hydrogen) atoms. The van der Waals surface area contributed by atoms with Crippen molar-refractivity contribution in [3.63, 3.8) is 0 Å². The number of ether oxygens (including phenoxy) is 1. The molecule has 0 aromatic carbocycles. The lowest BCUT2D eigenvalue weighted by molar-refractivity contribution is -0.142. The Hall–Kier alpha value is -0.980. The zero-order chi connectivity index (χ0) is 15.7. The molecule has 1 N–H and O–H groups in total. The molecular formula is C16H24N2O3S. The Morgan fingerprint density at radius 2 is 2.32 bits per heavy atom. The highest BCUT2D eigenvalue weighted by molar-refractivity contribution is 7.09. The molecule has 0 radical (unpaired) electrons. The van der Waals surface area contributed by atoms with Gasteiger partial charge in [-0.2, -0.15) is 0 Å². The van der Waals surface area contributed by atoms with Gasteiger partial charge in [0.25, 0.3) is 0 Å². The lowest BCUT2D eigenvalue weighted by Crippen LogP contribution is -2.41. The van der Waals surface area contributed by atoms with E-state index in [1.165, 1.54) is 19.3 Å². The monoisotopic (exact) mass is 324 g/mol. The molecule has 2 fully saturated rings. The first-order chi connectivity index (χ1) is 10.6. The molecule has 2 heterocycles. The Morgan fingerprint density at radius 3 is 3.05 bits per heavy atom. The third kappa shape index (κ3) is 3.05. The molecule has 0 spiro atoms. The van der Waals surface area contributed by atoms with E-state index >= 15 is 0 Å². The van der Waals surface area contributed by atoms with Gasteiger partial charge in [0.1, 0.15) is 17.2 Å². The van der Waals surface area contributed by atoms with Crippen LogP contribution in [0.4, 0.5) is 0 Å². The quantitative estimate of drug-likeness (QED) is 0.902. The van der Waals surface area contributed by atoms with E-state index in [0.29, 0.717) is 18.5 Å². The molecule has 1 saturated heterocycles. The molecule has 0 amide bonds. The number of hydrogen-bond donors (Lipinski definition) is 1. The van der Waals surface area contributed by atoms with Crippen LogP contribution in [0.2, 0.25) is 0 Å². The summed E-state index contributed by atoms with van der Waals surface area (Å²) in [6, 6.07) is 0.0675. The van der Waals surface area contributed by atoms with Gasteiger partial charge >= 0.3 is 5.97 Å². The van der Waals surface area contributed by atoms with Crippen molar-refractivity contribution in [2.45, 2.75) is 63.8 Å². The van der Waals surface area contributed by atoms with Gasteiger partial charge in [0.2, 0.25) is 0 Å². The Morgan fingerprint density at radius 1 is 1.55 bits per heavy atom. The van der Waals surface area contributed by atoms with Gasteiger partial charge in [-0.15, -0.1) is 11.3 Å². The number of fused-ring (bicyclic) bond motifs is 1. The van der Waals surface area contributed by atoms with Crippen LogP contribution in [0, 0.1) is 5.92 Å². The molecule has 1 aliphatic carbocycles. The number of carbonyl (C=O) groups is 1. The first kappa shape index (κ1) is 15.9. The molecule has 1 aliphatic heterocycles. The van der Waals surface area contributed by atoms with Crippen LogP contribution in [0.1, 0.15) is 55.8 Å². The van der Waals surface area contributed by atoms with Crippen LogP contribution >= 0.6 is 11.3 Å². The third-order valence-electron chi connectivity index (χ3n) is 5.12. The van der Waals surface area contributed by atoms with Crippen LogP contribution < -0.4 is 0 Å². The third-order valence-corrected chi connectivity index (χ3v) is 6.18. The number of rotatable bonds is 5. The van der Waals surface area contributed by atoms with Crippen LogP contribution in [-0.4, -0.2) is 40.2 Å². The van der Waals surface area contributed by atoms with E-state index in [9.17, 15) is 9.90 Å². The second-order valence-electron chi connectivity index (χ2n) is 6.43. The summed E-state index contributed by atoms with van der Waals surface area (Å²) in [6.45, 7) is 2.63. The van der Waals surface area contributed by atoms with Gasteiger partial charge in [-0.05, 0) is 32.1 Å². The lowest BCUT2D eigenvalue weighted by Gasteiger charge is -2.32. The van der Waals surface area contributed by atoms with Gasteiger partial charge in [-0.25, -0.2) is 4.98 Å². The molecule has 1 saturated carbocycles. The Bertz CT molecular complexity index is 533. The predicted molar refractivity (Wildman–Crippen MR) is 84.9 cm³/mol. The number of hydrogen-bond acceptors (Lipinski definition) is 5. The average Bonchev–Trinajstić information content (AvgIpc) is 3.12. The average molecular weight is 324 g/mol. The van der Waals surface area contributed by atoms with E-state index in [1.54, 1.807) is 18.4 Å². The zero-order valence-electron chi connectivity index (χ0n) is 13.2. The van der Waals surface area contributed by atoms with Crippen molar-refractivity contribution in [3.05, 3.63) is 16.1 Å². The second kappa shape index (κ2) is 6.64. The standard InChI is InChI=1S/C16H24N2O3S/c1-10(21-2)15-17-12(9-22-15)8-18-13-6-4-3-5-11(13)7-14(18)16(19)20/h9-11,13-14H,3-8H2,1-2H3,(H,19,20). The molecule has 0 bridgehead atoms. The molecule has 5 nitrogen and oxygen atoms in total. The van der Waals surface area contributed by atoms with Gasteiger partial charge in [-0.3, -0.25) is 9.69 Å². The van der Waals surface area contributed by atoms with Crippen LogP contribution in [0.15, 0.2) is 5.38 Å². The first-order valence-electron chi connectivity index (χ1n) is 8.05. The van der Waals surface area contributed by atoms with E-state index < -0.39 is 5.97 Å². The van der Waals surface area contributed by atoms with Crippen molar-refractivity contribution in [2.75, 3.05) is 7.11 Å². The van der Waals surface area contributed by atoms with Gasteiger partial charge in [-0.1, -0.05) is 12.8 Å². The van der Waals surface area contributed by atoms with Crippen molar-refractivity contribution < 1.29 is 14.6 Å². The van der Waals surface area contributed by atoms with Gasteiger partial charge in [0.15, 0.2) is 0 Å². The van der Waals surface area contributed by atoms with Crippen molar-refractivity contribution in [1.82, 2.24) is 9.88 Å². The SMILES string of the molecule is COC(C)c1nc(CN2C(C(=O)O)CC3CCCCC32)cs1.